The quantitative estimate of drug-likeness (QED) is 0.723. The number of aromatic nitrogens is 3. The number of morpholine rings is 1. The van der Waals surface area contributed by atoms with E-state index in [9.17, 15) is 9.59 Å². The highest BCUT2D eigenvalue weighted by atomic mass is 16.5. The summed E-state index contributed by atoms with van der Waals surface area (Å²) >= 11 is 0. The van der Waals surface area contributed by atoms with E-state index in [1.54, 1.807) is 6.20 Å². The Morgan fingerprint density at radius 2 is 1.86 bits per heavy atom. The summed E-state index contributed by atoms with van der Waals surface area (Å²) in [6, 6.07) is 8.26. The van der Waals surface area contributed by atoms with Crippen molar-refractivity contribution in [3.05, 3.63) is 63.1 Å². The maximum Gasteiger partial charge on any atom is 0.262 e. The lowest BCUT2D eigenvalue weighted by atomic mass is 9.79. The van der Waals surface area contributed by atoms with Gasteiger partial charge in [-0.25, -0.2) is 4.98 Å². The molecule has 1 aliphatic heterocycles. The fraction of sp³-hybridized carbons (Fsp3) is 0.364. The molecule has 0 radical (unpaired) electrons. The summed E-state index contributed by atoms with van der Waals surface area (Å²) in [5, 5.41) is 0.435. The third-order valence-electron chi connectivity index (χ3n) is 5.87. The first-order chi connectivity index (χ1) is 14.1. The first kappa shape index (κ1) is 18.0. The van der Waals surface area contributed by atoms with Gasteiger partial charge in [0.15, 0.2) is 11.4 Å². The van der Waals surface area contributed by atoms with Crippen molar-refractivity contribution in [3.8, 4) is 0 Å². The molecule has 0 saturated carbocycles. The van der Waals surface area contributed by atoms with E-state index < -0.39 is 0 Å². The number of nitrogens with zero attached hydrogens (tertiary/aromatic N) is 3. The van der Waals surface area contributed by atoms with Crippen LogP contribution in [0.25, 0.3) is 11.0 Å². The third kappa shape index (κ3) is 3.21. The first-order valence-corrected chi connectivity index (χ1v) is 9.94. The number of Topliss-reactive ketones (excluding diaryl/α,β-unsaturated/α-hetero) is 1. The number of anilines is 1. The summed E-state index contributed by atoms with van der Waals surface area (Å²) in [4.78, 5) is 39.7. The summed E-state index contributed by atoms with van der Waals surface area (Å²) in [6.45, 7) is 4.60. The van der Waals surface area contributed by atoms with Gasteiger partial charge in [-0.15, -0.1) is 0 Å². The van der Waals surface area contributed by atoms with E-state index in [2.05, 4.69) is 39.2 Å². The fourth-order valence-electron chi connectivity index (χ4n) is 4.26. The van der Waals surface area contributed by atoms with Crippen LogP contribution >= 0.6 is 0 Å². The number of nitrogens with one attached hydrogen (secondary N) is 1. The molecule has 1 fully saturated rings. The molecule has 3 aromatic rings. The number of aryl methyl sites for hydroxylation is 1. The van der Waals surface area contributed by atoms with Gasteiger partial charge in [-0.2, -0.15) is 4.98 Å². The van der Waals surface area contributed by atoms with E-state index in [1.807, 2.05) is 11.8 Å². The highest BCUT2D eigenvalue weighted by molar-refractivity contribution is 6.02. The number of carbonyl (C=O) groups excluding carboxylic acids is 1. The van der Waals surface area contributed by atoms with Crippen molar-refractivity contribution >= 4 is 22.8 Å². The predicted molar refractivity (Wildman–Crippen MR) is 110 cm³/mol. The van der Waals surface area contributed by atoms with Gasteiger partial charge in [0.25, 0.3) is 5.56 Å². The molecule has 2 aliphatic rings. The monoisotopic (exact) mass is 390 g/mol. The Hall–Kier alpha value is -3.06. The zero-order valence-electron chi connectivity index (χ0n) is 16.3. The van der Waals surface area contributed by atoms with Crippen LogP contribution in [0.15, 0.2) is 35.3 Å². The molecule has 1 aromatic carbocycles. The lowest BCUT2D eigenvalue weighted by Gasteiger charge is -2.28. The number of hydrogen-bond acceptors (Lipinski definition) is 6. The number of ketones is 1. The summed E-state index contributed by atoms with van der Waals surface area (Å²) in [5.74, 6) is 0.595. The molecule has 2 aromatic heterocycles. The van der Waals surface area contributed by atoms with Gasteiger partial charge >= 0.3 is 0 Å². The standard InChI is InChI=1S/C22H22N4O3/c1-13-2-4-14(5-3-13)15-10-16-17(18(27)11-15)12-23-20-19(16)21(28)25-22(24-20)26-6-8-29-9-7-26/h2-5,12,15H,6-11H2,1H3,(H,23,24,25,28). The number of aromatic amines is 1. The SMILES string of the molecule is Cc1ccc(C2CC(=O)c3cnc4nc(N5CCOCC5)[nH]c(=O)c4c3C2)cc1. The van der Waals surface area contributed by atoms with Gasteiger partial charge in [-0.1, -0.05) is 29.8 Å². The van der Waals surface area contributed by atoms with Gasteiger partial charge in [-0.3, -0.25) is 14.6 Å². The summed E-state index contributed by atoms with van der Waals surface area (Å²) in [5.41, 5.74) is 3.77. The lowest BCUT2D eigenvalue weighted by Crippen LogP contribution is -2.38. The Balaban J connectivity index is 1.59. The molecule has 1 aliphatic carbocycles. The molecule has 148 valence electrons. The number of pyridine rings is 1. The van der Waals surface area contributed by atoms with E-state index in [4.69, 9.17) is 4.74 Å². The second-order valence-corrected chi connectivity index (χ2v) is 7.78. The Bertz CT molecular complexity index is 1150. The highest BCUT2D eigenvalue weighted by Crippen LogP contribution is 2.34. The fourth-order valence-corrected chi connectivity index (χ4v) is 4.26. The average Bonchev–Trinajstić information content (AvgIpc) is 2.74. The van der Waals surface area contributed by atoms with Crippen LogP contribution in [0.5, 0.6) is 0 Å². The zero-order valence-corrected chi connectivity index (χ0v) is 16.3. The van der Waals surface area contributed by atoms with E-state index in [0.717, 1.165) is 11.1 Å². The smallest absolute Gasteiger partial charge is 0.262 e. The highest BCUT2D eigenvalue weighted by Gasteiger charge is 2.30. The molecule has 7 nitrogen and oxygen atoms in total. The van der Waals surface area contributed by atoms with Crippen LogP contribution in [-0.4, -0.2) is 47.0 Å². The molecule has 1 atom stereocenters. The maximum atomic E-state index is 13.0. The van der Waals surface area contributed by atoms with Gasteiger partial charge in [0.05, 0.1) is 18.6 Å². The van der Waals surface area contributed by atoms with Crippen molar-refractivity contribution in [2.45, 2.75) is 25.7 Å². The van der Waals surface area contributed by atoms with Gasteiger partial charge in [-0.05, 0) is 30.4 Å². The van der Waals surface area contributed by atoms with Crippen LogP contribution in [0, 0.1) is 6.92 Å². The second kappa shape index (κ2) is 7.08. The van der Waals surface area contributed by atoms with Crippen molar-refractivity contribution in [2.24, 2.45) is 0 Å². The minimum absolute atomic E-state index is 0.0304. The molecule has 7 heteroatoms. The van der Waals surface area contributed by atoms with Crippen LogP contribution in [0.2, 0.25) is 0 Å². The van der Waals surface area contributed by atoms with Crippen molar-refractivity contribution < 1.29 is 9.53 Å². The summed E-state index contributed by atoms with van der Waals surface area (Å²) in [6.07, 6.45) is 2.64. The Morgan fingerprint density at radius 1 is 1.10 bits per heavy atom. The number of fused-ring (bicyclic) bond motifs is 3. The number of benzene rings is 1. The molecule has 1 saturated heterocycles. The van der Waals surface area contributed by atoms with E-state index in [1.165, 1.54) is 5.56 Å². The number of H-pyrrole nitrogens is 1. The minimum atomic E-state index is -0.238. The average molecular weight is 390 g/mol. The molecule has 29 heavy (non-hydrogen) atoms. The van der Waals surface area contributed by atoms with Gasteiger partial charge in [0.1, 0.15) is 0 Å². The van der Waals surface area contributed by atoms with Gasteiger partial charge in [0, 0.05) is 31.3 Å². The van der Waals surface area contributed by atoms with Gasteiger partial charge < -0.3 is 9.64 Å². The first-order valence-electron chi connectivity index (χ1n) is 9.94. The molecule has 3 heterocycles. The molecular weight excluding hydrogens is 368 g/mol. The molecule has 0 amide bonds. The van der Waals surface area contributed by atoms with Crippen LogP contribution in [0.3, 0.4) is 0 Å². The molecule has 0 bridgehead atoms. The topological polar surface area (TPSA) is 88.2 Å². The van der Waals surface area contributed by atoms with Crippen molar-refractivity contribution in [3.63, 3.8) is 0 Å². The normalized spacial score (nSPS) is 19.4. The van der Waals surface area contributed by atoms with E-state index in [-0.39, 0.29) is 17.3 Å². The molecule has 1 unspecified atom stereocenters. The maximum absolute atomic E-state index is 13.0. The Labute approximate surface area is 167 Å². The van der Waals surface area contributed by atoms with Gasteiger partial charge in [0.2, 0.25) is 5.95 Å². The predicted octanol–water partition coefficient (Wildman–Crippen LogP) is 2.38. The Kier molecular flexibility index (Phi) is 4.39. The summed E-state index contributed by atoms with van der Waals surface area (Å²) < 4.78 is 5.37. The second-order valence-electron chi connectivity index (χ2n) is 7.78. The molecule has 5 rings (SSSR count). The number of hydrogen-bond donors (Lipinski definition) is 1. The lowest BCUT2D eigenvalue weighted by molar-refractivity contribution is 0.0964. The van der Waals surface area contributed by atoms with E-state index in [0.29, 0.717) is 61.7 Å². The minimum Gasteiger partial charge on any atom is -0.378 e. The molecular formula is C22H22N4O3. The van der Waals surface area contributed by atoms with Crippen molar-refractivity contribution in [2.75, 3.05) is 31.2 Å². The number of ether oxygens (including phenoxy) is 1. The third-order valence-corrected chi connectivity index (χ3v) is 5.87. The van der Waals surface area contributed by atoms with Crippen LogP contribution in [-0.2, 0) is 11.2 Å². The summed E-state index contributed by atoms with van der Waals surface area (Å²) in [7, 11) is 0. The Morgan fingerprint density at radius 3 is 2.62 bits per heavy atom. The van der Waals surface area contributed by atoms with E-state index >= 15 is 0 Å². The number of carbonyl (C=O) groups is 1. The van der Waals surface area contributed by atoms with Crippen molar-refractivity contribution in [1.82, 2.24) is 15.0 Å². The zero-order chi connectivity index (χ0) is 20.0. The van der Waals surface area contributed by atoms with Crippen molar-refractivity contribution in [1.29, 1.82) is 0 Å². The van der Waals surface area contributed by atoms with Crippen LogP contribution in [0.1, 0.15) is 39.4 Å². The van der Waals surface area contributed by atoms with Crippen LogP contribution < -0.4 is 10.5 Å². The molecule has 0 spiro atoms. The largest absolute Gasteiger partial charge is 0.378 e. The van der Waals surface area contributed by atoms with Crippen LogP contribution in [0.4, 0.5) is 5.95 Å². The number of rotatable bonds is 2. The molecule has 1 N–H and O–H groups in total.